The second-order valence-electron chi connectivity index (χ2n) is 7.99. The quantitative estimate of drug-likeness (QED) is 0.743. The zero-order chi connectivity index (χ0) is 19.8. The highest BCUT2D eigenvalue weighted by molar-refractivity contribution is 6.29. The Bertz CT molecular complexity index is 842. The van der Waals surface area contributed by atoms with Gasteiger partial charge in [0.2, 0.25) is 5.91 Å². The van der Waals surface area contributed by atoms with Crippen molar-refractivity contribution in [1.29, 1.82) is 0 Å². The van der Waals surface area contributed by atoms with Crippen LogP contribution >= 0.6 is 11.6 Å². The van der Waals surface area contributed by atoms with Gasteiger partial charge in [0.1, 0.15) is 5.15 Å². The fraction of sp³-hybridized carbons (Fsp3) is 0.571. The summed E-state index contributed by atoms with van der Waals surface area (Å²) in [6, 6.07) is 3.87. The van der Waals surface area contributed by atoms with Gasteiger partial charge < -0.3 is 5.32 Å². The van der Waals surface area contributed by atoms with Gasteiger partial charge in [0.15, 0.2) is 0 Å². The Hall–Kier alpha value is -1.88. The van der Waals surface area contributed by atoms with Crippen LogP contribution in [0.25, 0.3) is 0 Å². The molecule has 27 heavy (non-hydrogen) atoms. The fourth-order valence-electron chi connectivity index (χ4n) is 4.26. The lowest BCUT2D eigenvalue weighted by atomic mass is 9.68. The number of hydrogen-bond acceptors (Lipinski definition) is 3. The van der Waals surface area contributed by atoms with Gasteiger partial charge >= 0.3 is 0 Å². The maximum Gasteiger partial charge on any atom is 0.232 e. The molecule has 2 aromatic heterocycles. The monoisotopic (exact) mass is 388 g/mol. The lowest BCUT2D eigenvalue weighted by Gasteiger charge is -2.45. The summed E-state index contributed by atoms with van der Waals surface area (Å²) in [5.74, 6) is 0.423. The summed E-state index contributed by atoms with van der Waals surface area (Å²) in [4.78, 5) is 17.8. The predicted octanol–water partition coefficient (Wildman–Crippen LogP) is 4.46. The van der Waals surface area contributed by atoms with Crippen molar-refractivity contribution in [2.75, 3.05) is 0 Å². The Balaban J connectivity index is 1.94. The van der Waals surface area contributed by atoms with Gasteiger partial charge in [-0.15, -0.1) is 0 Å². The van der Waals surface area contributed by atoms with Crippen LogP contribution in [-0.4, -0.2) is 20.7 Å². The van der Waals surface area contributed by atoms with Crippen molar-refractivity contribution in [3.05, 3.63) is 46.5 Å². The lowest BCUT2D eigenvalue weighted by molar-refractivity contribution is -0.130. The van der Waals surface area contributed by atoms with E-state index in [1.54, 1.807) is 0 Å². The number of pyridine rings is 1. The minimum absolute atomic E-state index is 0.0614. The fourth-order valence-corrected chi connectivity index (χ4v) is 4.41. The average molecular weight is 389 g/mol. The van der Waals surface area contributed by atoms with Gasteiger partial charge in [-0.2, -0.15) is 5.10 Å². The molecule has 0 saturated carbocycles. The van der Waals surface area contributed by atoms with Gasteiger partial charge in [-0.3, -0.25) is 9.48 Å². The third-order valence-corrected chi connectivity index (χ3v) is 6.52. The zero-order valence-corrected chi connectivity index (χ0v) is 17.6. The molecule has 6 heteroatoms. The number of carbonyl (C=O) groups is 1. The highest BCUT2D eigenvalue weighted by Gasteiger charge is 2.49. The normalized spacial score (nSPS) is 22.2. The van der Waals surface area contributed by atoms with Crippen LogP contribution in [0.3, 0.4) is 0 Å². The van der Waals surface area contributed by atoms with Crippen molar-refractivity contribution in [3.63, 3.8) is 0 Å². The molecular formula is C21H29ClN4O. The van der Waals surface area contributed by atoms with Crippen molar-refractivity contribution in [1.82, 2.24) is 20.1 Å². The summed E-state index contributed by atoms with van der Waals surface area (Å²) in [6.45, 7) is 8.39. The summed E-state index contributed by atoms with van der Waals surface area (Å²) < 4.78 is 1.83. The molecule has 5 nitrogen and oxygen atoms in total. The molecular weight excluding hydrogens is 360 g/mol. The first kappa shape index (κ1) is 19.9. The van der Waals surface area contributed by atoms with Crippen LogP contribution in [-0.2, 0) is 22.8 Å². The number of carbonyl (C=O) groups excluding carboxylic acids is 1. The molecule has 0 radical (unpaired) electrons. The van der Waals surface area contributed by atoms with Crippen LogP contribution in [0, 0.1) is 0 Å². The van der Waals surface area contributed by atoms with Crippen molar-refractivity contribution >= 4 is 17.5 Å². The van der Waals surface area contributed by atoms with Gasteiger partial charge in [0.05, 0.1) is 22.8 Å². The summed E-state index contributed by atoms with van der Waals surface area (Å²) in [5.41, 5.74) is 2.10. The van der Waals surface area contributed by atoms with Crippen molar-refractivity contribution in [3.8, 4) is 0 Å². The number of aryl methyl sites for hydroxylation is 1. The van der Waals surface area contributed by atoms with Crippen LogP contribution in [0.4, 0.5) is 0 Å². The molecule has 1 aliphatic heterocycles. The average Bonchev–Trinajstić information content (AvgIpc) is 3.07. The van der Waals surface area contributed by atoms with Gasteiger partial charge in [-0.05, 0) is 55.7 Å². The van der Waals surface area contributed by atoms with Crippen molar-refractivity contribution in [2.24, 2.45) is 7.05 Å². The first-order valence-corrected chi connectivity index (χ1v) is 10.1. The number of aromatic nitrogens is 3. The number of rotatable bonds is 6. The number of fused-ring (bicyclic) bond motifs is 1. The van der Waals surface area contributed by atoms with E-state index in [0.717, 1.165) is 24.1 Å². The Morgan fingerprint density at radius 3 is 2.59 bits per heavy atom. The summed E-state index contributed by atoms with van der Waals surface area (Å²) in [5, 5.41) is 8.05. The predicted molar refractivity (Wildman–Crippen MR) is 108 cm³/mol. The smallest absolute Gasteiger partial charge is 0.232 e. The molecule has 0 bridgehead atoms. The third-order valence-electron chi connectivity index (χ3n) is 6.31. The first-order valence-electron chi connectivity index (χ1n) is 9.74. The van der Waals surface area contributed by atoms with Gasteiger partial charge in [0, 0.05) is 13.2 Å². The molecule has 3 rings (SSSR count). The lowest BCUT2D eigenvalue weighted by Crippen LogP contribution is -2.58. The highest BCUT2D eigenvalue weighted by Crippen LogP contribution is 2.44. The van der Waals surface area contributed by atoms with E-state index in [0.29, 0.717) is 23.9 Å². The van der Waals surface area contributed by atoms with E-state index in [2.05, 4.69) is 35.4 Å². The van der Waals surface area contributed by atoms with E-state index in [4.69, 9.17) is 11.6 Å². The number of hydrogen-bond donors (Lipinski definition) is 1. The van der Waals surface area contributed by atoms with E-state index >= 15 is 0 Å². The summed E-state index contributed by atoms with van der Waals surface area (Å²) in [6.07, 6.45) is 7.15. The summed E-state index contributed by atoms with van der Waals surface area (Å²) in [7, 11) is 1.93. The van der Waals surface area contributed by atoms with E-state index in [-0.39, 0.29) is 5.91 Å². The Kier molecular flexibility index (Phi) is 5.35. The largest absolute Gasteiger partial charge is 0.346 e. The Morgan fingerprint density at radius 1 is 1.30 bits per heavy atom. The molecule has 0 saturated heterocycles. The molecule has 0 aromatic carbocycles. The molecule has 0 spiro atoms. The Morgan fingerprint density at radius 2 is 2.00 bits per heavy atom. The van der Waals surface area contributed by atoms with E-state index < -0.39 is 11.0 Å². The topological polar surface area (TPSA) is 59.8 Å². The molecule has 0 fully saturated rings. The van der Waals surface area contributed by atoms with Gasteiger partial charge in [-0.1, -0.05) is 38.4 Å². The first-order chi connectivity index (χ1) is 12.8. The maximum absolute atomic E-state index is 13.2. The minimum Gasteiger partial charge on any atom is -0.346 e. The second kappa shape index (κ2) is 7.27. The van der Waals surface area contributed by atoms with Crippen LogP contribution in [0.5, 0.6) is 0 Å². The van der Waals surface area contributed by atoms with Crippen LogP contribution < -0.4 is 5.32 Å². The molecule has 146 valence electrons. The SMILES string of the molecule is CCC1(CC)C(=O)NC(C)(CCC(C)c2cnn(C)c2)c2ccc(Cl)nc21. The minimum atomic E-state index is -0.602. The molecule has 2 unspecified atom stereocenters. The Labute approximate surface area is 166 Å². The molecule has 2 atom stereocenters. The third kappa shape index (κ3) is 3.38. The van der Waals surface area contributed by atoms with E-state index in [9.17, 15) is 4.79 Å². The van der Waals surface area contributed by atoms with Gasteiger partial charge in [-0.25, -0.2) is 4.98 Å². The van der Waals surface area contributed by atoms with Crippen molar-refractivity contribution < 1.29 is 4.79 Å². The maximum atomic E-state index is 13.2. The molecule has 1 amide bonds. The standard InChI is InChI=1S/C21H29ClN4O/c1-6-21(7-2)18-16(8-9-17(22)24-18)20(4,25-19(21)27)11-10-14(3)15-12-23-26(5)13-15/h8-9,12-14H,6-7,10-11H2,1-5H3,(H,25,27). The molecule has 2 aromatic rings. The second-order valence-corrected chi connectivity index (χ2v) is 8.38. The number of amides is 1. The van der Waals surface area contributed by atoms with E-state index in [1.165, 1.54) is 5.56 Å². The molecule has 1 aliphatic rings. The van der Waals surface area contributed by atoms with Crippen molar-refractivity contribution in [2.45, 2.75) is 70.3 Å². The number of nitrogens with one attached hydrogen (secondary N) is 1. The zero-order valence-electron chi connectivity index (χ0n) is 16.8. The molecule has 1 N–H and O–H groups in total. The van der Waals surface area contributed by atoms with Crippen LogP contribution in [0.1, 0.15) is 76.1 Å². The number of nitrogens with zero attached hydrogens (tertiary/aromatic N) is 3. The van der Waals surface area contributed by atoms with Gasteiger partial charge in [0.25, 0.3) is 0 Å². The van der Waals surface area contributed by atoms with E-state index in [1.807, 2.05) is 43.9 Å². The molecule has 3 heterocycles. The highest BCUT2D eigenvalue weighted by atomic mass is 35.5. The van der Waals surface area contributed by atoms with Crippen LogP contribution in [0.2, 0.25) is 5.15 Å². The van der Waals surface area contributed by atoms with Crippen LogP contribution in [0.15, 0.2) is 24.5 Å². The summed E-state index contributed by atoms with van der Waals surface area (Å²) >= 11 is 6.22. The number of halogens is 1. The molecule has 0 aliphatic carbocycles.